The fourth-order valence-electron chi connectivity index (χ4n) is 3.04. The van der Waals surface area contributed by atoms with Gasteiger partial charge in [0.05, 0.1) is 4.90 Å². The van der Waals surface area contributed by atoms with E-state index < -0.39 is 15.8 Å². The number of sulfonamides is 1. The van der Waals surface area contributed by atoms with Crippen LogP contribution >= 0.6 is 12.4 Å². The molecule has 2 aliphatic heterocycles. The Balaban J connectivity index is 0.00000176. The van der Waals surface area contributed by atoms with Gasteiger partial charge in [-0.3, -0.25) is 4.90 Å². The van der Waals surface area contributed by atoms with Crippen LogP contribution < -0.4 is 5.32 Å². The first kappa shape index (κ1) is 17.6. The highest BCUT2D eigenvalue weighted by molar-refractivity contribution is 7.89. The third-order valence-corrected chi connectivity index (χ3v) is 6.15. The van der Waals surface area contributed by atoms with E-state index in [2.05, 4.69) is 10.2 Å². The molecular formula is C14H21ClFN3O2S. The van der Waals surface area contributed by atoms with Crippen LogP contribution in [-0.4, -0.2) is 62.9 Å². The number of halogens is 2. The van der Waals surface area contributed by atoms with E-state index in [1.165, 1.54) is 22.5 Å². The van der Waals surface area contributed by atoms with Crippen LogP contribution in [0.1, 0.15) is 6.42 Å². The van der Waals surface area contributed by atoms with Gasteiger partial charge in [0.2, 0.25) is 10.0 Å². The van der Waals surface area contributed by atoms with Gasteiger partial charge in [0.15, 0.2) is 0 Å². The molecule has 2 aliphatic rings. The summed E-state index contributed by atoms with van der Waals surface area (Å²) in [5.41, 5.74) is 0. The summed E-state index contributed by atoms with van der Waals surface area (Å²) in [6.07, 6.45) is 1.12. The predicted molar refractivity (Wildman–Crippen MR) is 85.3 cm³/mol. The highest BCUT2D eigenvalue weighted by atomic mass is 35.5. The van der Waals surface area contributed by atoms with E-state index >= 15 is 0 Å². The third-order valence-electron chi connectivity index (χ3n) is 4.26. The second kappa shape index (κ2) is 7.23. The van der Waals surface area contributed by atoms with Crippen LogP contribution in [0.2, 0.25) is 0 Å². The Bertz CT molecular complexity index is 600. The molecule has 1 N–H and O–H groups in total. The fourth-order valence-corrected chi connectivity index (χ4v) is 4.49. The van der Waals surface area contributed by atoms with Gasteiger partial charge in [0.25, 0.3) is 0 Å². The van der Waals surface area contributed by atoms with E-state index in [1.807, 2.05) is 0 Å². The Labute approximate surface area is 136 Å². The number of nitrogens with one attached hydrogen (secondary N) is 1. The molecule has 8 heteroatoms. The van der Waals surface area contributed by atoms with Gasteiger partial charge < -0.3 is 5.32 Å². The van der Waals surface area contributed by atoms with Crippen molar-refractivity contribution in [3.63, 3.8) is 0 Å². The van der Waals surface area contributed by atoms with Crippen LogP contribution in [0, 0.1) is 5.82 Å². The topological polar surface area (TPSA) is 52.7 Å². The summed E-state index contributed by atoms with van der Waals surface area (Å²) in [5, 5.41) is 3.33. The number of hydrogen-bond acceptors (Lipinski definition) is 4. The van der Waals surface area contributed by atoms with Gasteiger partial charge >= 0.3 is 0 Å². The SMILES string of the molecule is Cl.O=S(=O)(c1cccc(F)c1)N1CCN(C2CCNC2)CC1. The van der Waals surface area contributed by atoms with Crippen molar-refractivity contribution < 1.29 is 12.8 Å². The molecular weight excluding hydrogens is 329 g/mol. The average Bonchev–Trinajstić information content (AvgIpc) is 3.02. The first-order chi connectivity index (χ1) is 10.1. The summed E-state index contributed by atoms with van der Waals surface area (Å²) in [6.45, 7) is 4.43. The molecule has 0 aliphatic carbocycles. The van der Waals surface area contributed by atoms with Crippen molar-refractivity contribution in [3.8, 4) is 0 Å². The number of hydrogen-bond donors (Lipinski definition) is 1. The second-order valence-electron chi connectivity index (χ2n) is 5.54. The molecule has 1 unspecified atom stereocenters. The molecule has 5 nitrogen and oxygen atoms in total. The highest BCUT2D eigenvalue weighted by Crippen LogP contribution is 2.20. The minimum absolute atomic E-state index is 0. The first-order valence-electron chi connectivity index (χ1n) is 7.28. The fraction of sp³-hybridized carbons (Fsp3) is 0.571. The molecule has 0 saturated carbocycles. The lowest BCUT2D eigenvalue weighted by molar-refractivity contribution is 0.145. The first-order valence-corrected chi connectivity index (χ1v) is 8.72. The third kappa shape index (κ3) is 3.60. The molecule has 2 saturated heterocycles. The summed E-state index contributed by atoms with van der Waals surface area (Å²) in [5.74, 6) is -0.522. The monoisotopic (exact) mass is 349 g/mol. The molecule has 124 valence electrons. The molecule has 3 rings (SSSR count). The van der Waals surface area contributed by atoms with Crippen LogP contribution in [0.4, 0.5) is 4.39 Å². The van der Waals surface area contributed by atoms with Crippen molar-refractivity contribution in [2.24, 2.45) is 0 Å². The number of piperazine rings is 1. The molecule has 1 aromatic rings. The smallest absolute Gasteiger partial charge is 0.243 e. The number of rotatable bonds is 3. The van der Waals surface area contributed by atoms with Crippen LogP contribution in [0.3, 0.4) is 0 Å². The van der Waals surface area contributed by atoms with Gasteiger partial charge in [-0.1, -0.05) is 6.07 Å². The van der Waals surface area contributed by atoms with Gasteiger partial charge in [0.1, 0.15) is 5.82 Å². The van der Waals surface area contributed by atoms with E-state index in [1.54, 1.807) is 0 Å². The van der Waals surface area contributed by atoms with Crippen LogP contribution in [0.15, 0.2) is 29.2 Å². The van der Waals surface area contributed by atoms with Gasteiger partial charge in [-0.15, -0.1) is 12.4 Å². The molecule has 1 aromatic carbocycles. The van der Waals surface area contributed by atoms with Crippen molar-refractivity contribution in [2.45, 2.75) is 17.4 Å². The predicted octanol–water partition coefficient (Wildman–Crippen LogP) is 0.916. The van der Waals surface area contributed by atoms with Crippen LogP contribution in [0.5, 0.6) is 0 Å². The maximum Gasteiger partial charge on any atom is 0.243 e. The Morgan fingerprint density at radius 2 is 1.91 bits per heavy atom. The Morgan fingerprint density at radius 3 is 2.50 bits per heavy atom. The summed E-state index contributed by atoms with van der Waals surface area (Å²) in [6, 6.07) is 5.74. The molecule has 0 aromatic heterocycles. The van der Waals surface area contributed by atoms with E-state index in [4.69, 9.17) is 0 Å². The van der Waals surface area contributed by atoms with Crippen molar-refractivity contribution >= 4 is 22.4 Å². The van der Waals surface area contributed by atoms with E-state index in [9.17, 15) is 12.8 Å². The largest absolute Gasteiger partial charge is 0.315 e. The van der Waals surface area contributed by atoms with Crippen molar-refractivity contribution in [1.82, 2.24) is 14.5 Å². The van der Waals surface area contributed by atoms with Crippen LogP contribution in [0.25, 0.3) is 0 Å². The van der Waals surface area contributed by atoms with Gasteiger partial charge in [-0.05, 0) is 31.2 Å². The lowest BCUT2D eigenvalue weighted by atomic mass is 10.2. The van der Waals surface area contributed by atoms with Crippen molar-refractivity contribution in [2.75, 3.05) is 39.3 Å². The Kier molecular flexibility index (Phi) is 5.79. The lowest BCUT2D eigenvalue weighted by Gasteiger charge is -2.37. The highest BCUT2D eigenvalue weighted by Gasteiger charge is 2.31. The lowest BCUT2D eigenvalue weighted by Crippen LogP contribution is -2.52. The molecule has 1 atom stereocenters. The summed E-state index contributed by atoms with van der Waals surface area (Å²) < 4.78 is 39.7. The Hall–Kier alpha value is -0.730. The standard InChI is InChI=1S/C14H20FN3O2S.ClH/c15-12-2-1-3-14(10-12)21(19,20)18-8-6-17(7-9-18)13-4-5-16-11-13;/h1-3,10,13,16H,4-9,11H2;1H. The molecule has 22 heavy (non-hydrogen) atoms. The van der Waals surface area contributed by atoms with Crippen LogP contribution in [-0.2, 0) is 10.0 Å². The second-order valence-corrected chi connectivity index (χ2v) is 7.48. The van der Waals surface area contributed by atoms with Crippen molar-refractivity contribution in [1.29, 1.82) is 0 Å². The Morgan fingerprint density at radius 1 is 1.18 bits per heavy atom. The molecule has 0 spiro atoms. The maximum atomic E-state index is 13.2. The zero-order chi connectivity index (χ0) is 14.9. The van der Waals surface area contributed by atoms with Gasteiger partial charge in [-0.25, -0.2) is 12.8 Å². The summed E-state index contributed by atoms with van der Waals surface area (Å²) in [7, 11) is -3.58. The van der Waals surface area contributed by atoms with E-state index in [-0.39, 0.29) is 17.3 Å². The average molecular weight is 350 g/mol. The maximum absolute atomic E-state index is 13.2. The molecule has 2 fully saturated rings. The number of nitrogens with zero attached hydrogens (tertiary/aromatic N) is 2. The zero-order valence-corrected chi connectivity index (χ0v) is 13.9. The molecule has 0 amide bonds. The van der Waals surface area contributed by atoms with Crippen molar-refractivity contribution in [3.05, 3.63) is 30.1 Å². The molecule has 0 radical (unpaired) electrons. The van der Waals surface area contributed by atoms with E-state index in [0.717, 1.165) is 38.7 Å². The van der Waals surface area contributed by atoms with E-state index in [0.29, 0.717) is 19.1 Å². The quantitative estimate of drug-likeness (QED) is 0.881. The molecule has 2 heterocycles. The minimum Gasteiger partial charge on any atom is -0.315 e. The summed E-state index contributed by atoms with van der Waals surface area (Å²) in [4.78, 5) is 2.39. The number of benzene rings is 1. The normalized spacial score (nSPS) is 24.1. The molecule has 0 bridgehead atoms. The van der Waals surface area contributed by atoms with Gasteiger partial charge in [0, 0.05) is 38.8 Å². The summed E-state index contributed by atoms with van der Waals surface area (Å²) >= 11 is 0. The van der Waals surface area contributed by atoms with Gasteiger partial charge in [-0.2, -0.15) is 4.31 Å². The zero-order valence-electron chi connectivity index (χ0n) is 12.2. The minimum atomic E-state index is -3.58.